The van der Waals surface area contributed by atoms with Crippen molar-refractivity contribution in [1.29, 1.82) is 0 Å². The van der Waals surface area contributed by atoms with E-state index in [0.29, 0.717) is 23.4 Å². The normalized spacial score (nSPS) is 10.2. The maximum absolute atomic E-state index is 10.8. The molecule has 0 spiro atoms. The third kappa shape index (κ3) is 4.53. The molecule has 0 heterocycles. The van der Waals surface area contributed by atoms with Crippen LogP contribution < -0.4 is 4.74 Å². The molecule has 0 aliphatic heterocycles. The summed E-state index contributed by atoms with van der Waals surface area (Å²) < 4.78 is 11.1. The van der Waals surface area contributed by atoms with Crippen LogP contribution in [0.5, 0.6) is 5.75 Å². The molecule has 94 valence electrons. The molecule has 0 saturated heterocycles. The fourth-order valence-corrected chi connectivity index (χ4v) is 1.75. The number of benzene rings is 1. The quantitative estimate of drug-likeness (QED) is 0.363. The van der Waals surface area contributed by atoms with Gasteiger partial charge in [0.25, 0.3) is 0 Å². The molecule has 7 heteroatoms. The number of nitro benzene ring substituents is 1. The Balaban J connectivity index is 2.60. The Morgan fingerprint density at radius 2 is 2.12 bits per heavy atom. The molecule has 0 unspecified atom stereocenters. The number of thiol groups is 1. The number of nitrogens with zero attached hydrogens (tertiary/aromatic N) is 1. The Morgan fingerprint density at radius 3 is 2.76 bits per heavy atom. The molecule has 0 aliphatic rings. The molecule has 5 nitrogen and oxygen atoms in total. The van der Waals surface area contributed by atoms with Crippen molar-refractivity contribution >= 4 is 34.2 Å². The number of rotatable bonds is 7. The van der Waals surface area contributed by atoms with E-state index in [-0.39, 0.29) is 18.0 Å². The first-order chi connectivity index (χ1) is 8.16. The highest BCUT2D eigenvalue weighted by Gasteiger charge is 2.17. The Morgan fingerprint density at radius 1 is 1.35 bits per heavy atom. The first-order valence-electron chi connectivity index (χ1n) is 4.91. The van der Waals surface area contributed by atoms with Crippen LogP contribution in [0.2, 0.25) is 0 Å². The number of nitro groups is 1. The summed E-state index contributed by atoms with van der Waals surface area (Å²) >= 11 is 7.21. The summed E-state index contributed by atoms with van der Waals surface area (Å²) in [5, 5.41) is 10.8. The molecule has 0 bridgehead atoms. The second-order valence-corrected chi connectivity index (χ2v) is 4.33. The highest BCUT2D eigenvalue weighted by molar-refractivity contribution is 9.10. The highest BCUT2D eigenvalue weighted by Crippen LogP contribution is 2.34. The van der Waals surface area contributed by atoms with Crippen LogP contribution in [-0.2, 0) is 4.74 Å². The van der Waals surface area contributed by atoms with Crippen molar-refractivity contribution in [3.63, 3.8) is 0 Å². The van der Waals surface area contributed by atoms with Crippen LogP contribution in [0.25, 0.3) is 0 Å². The number of para-hydroxylation sites is 1. The van der Waals surface area contributed by atoms with Gasteiger partial charge in [0, 0.05) is 11.8 Å². The molecule has 0 aromatic heterocycles. The topological polar surface area (TPSA) is 61.6 Å². The third-order valence-electron chi connectivity index (χ3n) is 1.85. The summed E-state index contributed by atoms with van der Waals surface area (Å²) in [6, 6.07) is 4.68. The Bertz CT molecular complexity index is 389. The van der Waals surface area contributed by atoms with Gasteiger partial charge in [0.15, 0.2) is 0 Å². The largest absolute Gasteiger partial charge is 0.484 e. The van der Waals surface area contributed by atoms with E-state index in [9.17, 15) is 10.1 Å². The van der Waals surface area contributed by atoms with Crippen molar-refractivity contribution in [2.24, 2.45) is 0 Å². The monoisotopic (exact) mass is 321 g/mol. The maximum atomic E-state index is 10.8. The van der Waals surface area contributed by atoms with Gasteiger partial charge in [-0.25, -0.2) is 0 Å². The first kappa shape index (κ1) is 14.3. The molecule has 1 aromatic rings. The van der Waals surface area contributed by atoms with Crippen molar-refractivity contribution in [2.75, 3.05) is 25.6 Å². The predicted octanol–water partition coefficient (Wildman–Crippen LogP) is 2.68. The van der Waals surface area contributed by atoms with Crippen LogP contribution >= 0.6 is 28.6 Å². The van der Waals surface area contributed by atoms with Crippen LogP contribution in [0.15, 0.2) is 22.7 Å². The minimum Gasteiger partial charge on any atom is -0.484 e. The van der Waals surface area contributed by atoms with E-state index < -0.39 is 4.92 Å². The lowest BCUT2D eigenvalue weighted by Crippen LogP contribution is -2.09. The van der Waals surface area contributed by atoms with Crippen molar-refractivity contribution in [3.05, 3.63) is 32.8 Å². The number of halogens is 1. The lowest BCUT2D eigenvalue weighted by atomic mass is 10.3. The molecule has 0 amide bonds. The van der Waals surface area contributed by atoms with E-state index in [1.54, 1.807) is 12.1 Å². The third-order valence-corrected chi connectivity index (χ3v) is 2.66. The van der Waals surface area contributed by atoms with Crippen LogP contribution in [-0.4, -0.2) is 30.5 Å². The zero-order chi connectivity index (χ0) is 12.7. The second kappa shape index (κ2) is 7.52. The molecule has 0 radical (unpaired) electrons. The number of hydrogen-bond acceptors (Lipinski definition) is 5. The zero-order valence-electron chi connectivity index (χ0n) is 8.97. The molecular weight excluding hydrogens is 310 g/mol. The Hall–Kier alpha value is -0.790. The molecule has 0 atom stereocenters. The fourth-order valence-electron chi connectivity index (χ4n) is 1.15. The van der Waals surface area contributed by atoms with Crippen LogP contribution in [0, 0.1) is 10.1 Å². The minimum absolute atomic E-state index is 0.0615. The first-order valence-corrected chi connectivity index (χ1v) is 6.33. The lowest BCUT2D eigenvalue weighted by Gasteiger charge is -2.08. The van der Waals surface area contributed by atoms with Crippen molar-refractivity contribution in [2.45, 2.75) is 0 Å². The standard InChI is InChI=1S/C10H12BrNO4S/c11-8-2-1-3-9(12(13)14)10(8)16-5-4-15-6-7-17/h1-3,17H,4-7H2. The molecule has 17 heavy (non-hydrogen) atoms. The molecule has 0 saturated carbocycles. The summed E-state index contributed by atoms with van der Waals surface area (Å²) in [6.45, 7) is 1.17. The SMILES string of the molecule is O=[N+]([O-])c1cccc(Br)c1OCCOCCS. The molecule has 0 aliphatic carbocycles. The van der Waals surface area contributed by atoms with E-state index in [1.165, 1.54) is 6.07 Å². The van der Waals surface area contributed by atoms with Gasteiger partial charge in [-0.1, -0.05) is 6.07 Å². The van der Waals surface area contributed by atoms with Crippen LogP contribution in [0.3, 0.4) is 0 Å². The van der Waals surface area contributed by atoms with Crippen LogP contribution in [0.1, 0.15) is 0 Å². The Kier molecular flexibility index (Phi) is 6.31. The summed E-state index contributed by atoms with van der Waals surface area (Å²) in [5.41, 5.74) is -0.0615. The lowest BCUT2D eigenvalue weighted by molar-refractivity contribution is -0.386. The van der Waals surface area contributed by atoms with Crippen molar-refractivity contribution < 1.29 is 14.4 Å². The van der Waals surface area contributed by atoms with Gasteiger partial charge in [-0.3, -0.25) is 10.1 Å². The second-order valence-electron chi connectivity index (χ2n) is 3.03. The molecule has 1 aromatic carbocycles. The van der Waals surface area contributed by atoms with Gasteiger partial charge in [0.1, 0.15) is 6.61 Å². The van der Waals surface area contributed by atoms with E-state index in [2.05, 4.69) is 28.6 Å². The van der Waals surface area contributed by atoms with Gasteiger partial charge in [-0.15, -0.1) is 0 Å². The summed E-state index contributed by atoms with van der Waals surface area (Å²) in [6.07, 6.45) is 0. The average molecular weight is 322 g/mol. The highest BCUT2D eigenvalue weighted by atomic mass is 79.9. The summed E-state index contributed by atoms with van der Waals surface area (Å²) in [4.78, 5) is 10.3. The fraction of sp³-hybridized carbons (Fsp3) is 0.400. The zero-order valence-corrected chi connectivity index (χ0v) is 11.4. The predicted molar refractivity (Wildman–Crippen MR) is 71.0 cm³/mol. The number of ether oxygens (including phenoxy) is 2. The van der Waals surface area contributed by atoms with E-state index >= 15 is 0 Å². The van der Waals surface area contributed by atoms with Gasteiger partial charge in [-0.2, -0.15) is 12.6 Å². The molecule has 0 fully saturated rings. The smallest absolute Gasteiger partial charge is 0.312 e. The maximum Gasteiger partial charge on any atom is 0.312 e. The Labute approximate surface area is 113 Å². The summed E-state index contributed by atoms with van der Waals surface area (Å²) in [7, 11) is 0. The van der Waals surface area contributed by atoms with Crippen molar-refractivity contribution in [3.8, 4) is 5.75 Å². The van der Waals surface area contributed by atoms with Gasteiger partial charge >= 0.3 is 5.69 Å². The van der Waals surface area contributed by atoms with Crippen LogP contribution in [0.4, 0.5) is 5.69 Å². The molecular formula is C10H12BrNO4S. The van der Waals surface area contributed by atoms with E-state index in [1.807, 2.05) is 0 Å². The number of hydrogen-bond donors (Lipinski definition) is 1. The van der Waals surface area contributed by atoms with E-state index in [0.717, 1.165) is 0 Å². The van der Waals surface area contributed by atoms with Crippen molar-refractivity contribution in [1.82, 2.24) is 0 Å². The van der Waals surface area contributed by atoms with Gasteiger partial charge in [0.2, 0.25) is 5.75 Å². The molecule has 1 rings (SSSR count). The van der Waals surface area contributed by atoms with Gasteiger partial charge in [-0.05, 0) is 22.0 Å². The molecule has 0 N–H and O–H groups in total. The summed E-state index contributed by atoms with van der Waals surface area (Å²) in [5.74, 6) is 0.863. The van der Waals surface area contributed by atoms with E-state index in [4.69, 9.17) is 9.47 Å². The van der Waals surface area contributed by atoms with Gasteiger partial charge in [0.05, 0.1) is 22.6 Å². The average Bonchev–Trinajstić information content (AvgIpc) is 2.30. The minimum atomic E-state index is -0.478. The van der Waals surface area contributed by atoms with Gasteiger partial charge < -0.3 is 9.47 Å².